The molecular weight excluding hydrogens is 316 g/mol. The fourth-order valence-electron chi connectivity index (χ4n) is 3.49. The zero-order valence-electron chi connectivity index (χ0n) is 13.5. The average Bonchev–Trinajstić information content (AvgIpc) is 2.90. The third-order valence-corrected chi connectivity index (χ3v) is 4.89. The molecule has 2 heterocycles. The lowest BCUT2D eigenvalue weighted by Gasteiger charge is -2.33. The Hall–Kier alpha value is -2.02. The lowest BCUT2D eigenvalue weighted by Crippen LogP contribution is -2.51. The van der Waals surface area contributed by atoms with E-state index in [1.807, 2.05) is 0 Å². The van der Waals surface area contributed by atoms with Crippen LogP contribution in [0.15, 0.2) is 18.2 Å². The fourth-order valence-corrected chi connectivity index (χ4v) is 3.49. The Kier molecular flexibility index (Phi) is 4.80. The van der Waals surface area contributed by atoms with E-state index in [9.17, 15) is 18.4 Å². The molecular formula is C17H21F2N3O2. The van der Waals surface area contributed by atoms with Crippen LogP contribution in [0.25, 0.3) is 0 Å². The molecule has 3 rings (SSSR count). The molecule has 2 saturated heterocycles. The number of nitrogens with zero attached hydrogens (tertiary/aromatic N) is 1. The van der Waals surface area contributed by atoms with Crippen LogP contribution in [-0.4, -0.2) is 49.4 Å². The van der Waals surface area contributed by atoms with Gasteiger partial charge in [-0.15, -0.1) is 0 Å². The SMILES string of the molecule is CN1CC(C(=O)NC2CNCCC2c2ccc(F)c(F)c2)CC1=O. The Morgan fingerprint density at radius 1 is 1.33 bits per heavy atom. The Morgan fingerprint density at radius 2 is 2.12 bits per heavy atom. The summed E-state index contributed by atoms with van der Waals surface area (Å²) in [7, 11) is 1.68. The summed E-state index contributed by atoms with van der Waals surface area (Å²) in [5.41, 5.74) is 0.681. The number of amides is 2. The Labute approximate surface area is 139 Å². The Bertz CT molecular complexity index is 653. The summed E-state index contributed by atoms with van der Waals surface area (Å²) in [6.45, 7) is 1.73. The normalized spacial score (nSPS) is 27.4. The van der Waals surface area contributed by atoms with Crippen molar-refractivity contribution in [1.29, 1.82) is 0 Å². The zero-order valence-corrected chi connectivity index (χ0v) is 13.5. The highest BCUT2D eigenvalue weighted by molar-refractivity contribution is 5.89. The molecule has 2 aliphatic heterocycles. The van der Waals surface area contributed by atoms with E-state index in [0.29, 0.717) is 18.7 Å². The number of piperidine rings is 1. The molecule has 0 aromatic heterocycles. The fraction of sp³-hybridized carbons (Fsp3) is 0.529. The number of likely N-dealkylation sites (tertiary alicyclic amines) is 1. The number of carbonyl (C=O) groups is 2. The summed E-state index contributed by atoms with van der Waals surface area (Å²) in [5, 5.41) is 6.20. The van der Waals surface area contributed by atoms with Gasteiger partial charge in [0.2, 0.25) is 11.8 Å². The Morgan fingerprint density at radius 3 is 2.79 bits per heavy atom. The van der Waals surface area contributed by atoms with Crippen LogP contribution < -0.4 is 10.6 Å². The summed E-state index contributed by atoms with van der Waals surface area (Å²) in [4.78, 5) is 25.6. The predicted molar refractivity (Wildman–Crippen MR) is 84.3 cm³/mol. The van der Waals surface area contributed by atoms with E-state index in [1.54, 1.807) is 18.0 Å². The predicted octanol–water partition coefficient (Wildman–Crippen LogP) is 1.00. The number of hydrogen-bond donors (Lipinski definition) is 2. The highest BCUT2D eigenvalue weighted by Crippen LogP contribution is 2.27. The molecule has 2 fully saturated rings. The molecule has 1 aromatic rings. The van der Waals surface area contributed by atoms with Gasteiger partial charge in [-0.3, -0.25) is 9.59 Å². The van der Waals surface area contributed by atoms with Gasteiger partial charge in [0.1, 0.15) is 0 Å². The molecule has 0 bridgehead atoms. The highest BCUT2D eigenvalue weighted by Gasteiger charge is 2.35. The number of nitrogens with one attached hydrogen (secondary N) is 2. The van der Waals surface area contributed by atoms with Crippen LogP contribution in [-0.2, 0) is 9.59 Å². The quantitative estimate of drug-likeness (QED) is 0.865. The van der Waals surface area contributed by atoms with E-state index in [4.69, 9.17) is 0 Å². The number of hydrogen-bond acceptors (Lipinski definition) is 3. The maximum Gasteiger partial charge on any atom is 0.225 e. The molecule has 2 amide bonds. The van der Waals surface area contributed by atoms with Crippen molar-refractivity contribution in [1.82, 2.24) is 15.5 Å². The van der Waals surface area contributed by atoms with Gasteiger partial charge in [0.05, 0.1) is 5.92 Å². The van der Waals surface area contributed by atoms with Gasteiger partial charge in [-0.1, -0.05) is 6.07 Å². The molecule has 3 atom stereocenters. The van der Waals surface area contributed by atoms with Gasteiger partial charge in [-0.2, -0.15) is 0 Å². The molecule has 7 heteroatoms. The largest absolute Gasteiger partial charge is 0.351 e. The minimum absolute atomic E-state index is 0.0333. The molecule has 0 saturated carbocycles. The van der Waals surface area contributed by atoms with Crippen LogP contribution >= 0.6 is 0 Å². The minimum Gasteiger partial charge on any atom is -0.351 e. The van der Waals surface area contributed by atoms with Gasteiger partial charge >= 0.3 is 0 Å². The van der Waals surface area contributed by atoms with Gasteiger partial charge < -0.3 is 15.5 Å². The lowest BCUT2D eigenvalue weighted by molar-refractivity contribution is -0.128. The van der Waals surface area contributed by atoms with Crippen molar-refractivity contribution in [2.24, 2.45) is 5.92 Å². The molecule has 2 N–H and O–H groups in total. The molecule has 1 aromatic carbocycles. The summed E-state index contributed by atoms with van der Waals surface area (Å²) in [6.07, 6.45) is 0.942. The monoisotopic (exact) mass is 337 g/mol. The average molecular weight is 337 g/mol. The van der Waals surface area contributed by atoms with E-state index in [2.05, 4.69) is 10.6 Å². The van der Waals surface area contributed by atoms with E-state index in [0.717, 1.165) is 19.0 Å². The van der Waals surface area contributed by atoms with Crippen LogP contribution in [0.3, 0.4) is 0 Å². The first kappa shape index (κ1) is 16.8. The number of benzene rings is 1. The zero-order chi connectivity index (χ0) is 17.3. The molecule has 3 unspecified atom stereocenters. The van der Waals surface area contributed by atoms with Gasteiger partial charge in [0.15, 0.2) is 11.6 Å². The first-order valence-electron chi connectivity index (χ1n) is 8.15. The molecule has 2 aliphatic rings. The van der Waals surface area contributed by atoms with E-state index >= 15 is 0 Å². The third kappa shape index (κ3) is 3.40. The second kappa shape index (κ2) is 6.84. The van der Waals surface area contributed by atoms with Crippen molar-refractivity contribution in [2.45, 2.75) is 24.8 Å². The van der Waals surface area contributed by atoms with Crippen LogP contribution in [0.5, 0.6) is 0 Å². The van der Waals surface area contributed by atoms with Crippen LogP contribution in [0.2, 0.25) is 0 Å². The molecule has 0 spiro atoms. The molecule has 24 heavy (non-hydrogen) atoms. The number of carbonyl (C=O) groups excluding carboxylic acids is 2. The molecule has 130 valence electrons. The Balaban J connectivity index is 1.71. The van der Waals surface area contributed by atoms with Gasteiger partial charge in [0, 0.05) is 38.5 Å². The number of halogens is 2. The maximum atomic E-state index is 13.5. The van der Waals surface area contributed by atoms with Crippen molar-refractivity contribution in [3.8, 4) is 0 Å². The van der Waals surface area contributed by atoms with Crippen LogP contribution in [0.4, 0.5) is 8.78 Å². The van der Waals surface area contributed by atoms with Gasteiger partial charge in [-0.25, -0.2) is 8.78 Å². The van der Waals surface area contributed by atoms with Crippen LogP contribution in [0, 0.1) is 17.6 Å². The lowest BCUT2D eigenvalue weighted by atomic mass is 9.85. The van der Waals surface area contributed by atoms with Crippen molar-refractivity contribution in [3.05, 3.63) is 35.4 Å². The van der Waals surface area contributed by atoms with Gasteiger partial charge in [-0.05, 0) is 30.7 Å². The summed E-state index contributed by atoms with van der Waals surface area (Å²) in [6, 6.07) is 3.69. The second-order valence-electron chi connectivity index (χ2n) is 6.56. The van der Waals surface area contributed by atoms with Crippen molar-refractivity contribution in [3.63, 3.8) is 0 Å². The smallest absolute Gasteiger partial charge is 0.225 e. The number of rotatable bonds is 3. The first-order chi connectivity index (χ1) is 11.5. The summed E-state index contributed by atoms with van der Waals surface area (Å²) in [5.74, 6) is -2.38. The third-order valence-electron chi connectivity index (χ3n) is 4.89. The van der Waals surface area contributed by atoms with Gasteiger partial charge in [0.25, 0.3) is 0 Å². The van der Waals surface area contributed by atoms with E-state index in [-0.39, 0.29) is 36.1 Å². The minimum atomic E-state index is -0.876. The standard InChI is InChI=1S/C17H21F2N3O2/c1-22-9-11(7-16(22)23)17(24)21-15-8-20-5-4-12(15)10-2-3-13(18)14(19)6-10/h2-3,6,11-12,15,20H,4-5,7-9H2,1H3,(H,21,24). The molecule has 0 radical (unpaired) electrons. The van der Waals surface area contributed by atoms with Crippen LogP contribution in [0.1, 0.15) is 24.3 Å². The summed E-state index contributed by atoms with van der Waals surface area (Å²) < 4.78 is 26.7. The second-order valence-corrected chi connectivity index (χ2v) is 6.56. The maximum absolute atomic E-state index is 13.5. The van der Waals surface area contributed by atoms with Crippen molar-refractivity contribution >= 4 is 11.8 Å². The first-order valence-corrected chi connectivity index (χ1v) is 8.15. The highest BCUT2D eigenvalue weighted by atomic mass is 19.2. The molecule has 0 aliphatic carbocycles. The van der Waals surface area contributed by atoms with Crippen molar-refractivity contribution in [2.75, 3.05) is 26.7 Å². The topological polar surface area (TPSA) is 61.4 Å². The summed E-state index contributed by atoms with van der Waals surface area (Å²) >= 11 is 0. The van der Waals surface area contributed by atoms with E-state index < -0.39 is 11.6 Å². The van der Waals surface area contributed by atoms with Crippen molar-refractivity contribution < 1.29 is 18.4 Å². The van der Waals surface area contributed by atoms with E-state index in [1.165, 1.54) is 6.07 Å². The molecule has 5 nitrogen and oxygen atoms in total.